The van der Waals surface area contributed by atoms with Gasteiger partial charge in [0.25, 0.3) is 5.91 Å². The molecule has 0 spiro atoms. The van der Waals surface area contributed by atoms with Crippen molar-refractivity contribution >= 4 is 17.6 Å². The van der Waals surface area contributed by atoms with E-state index < -0.39 is 0 Å². The number of amides is 1. The van der Waals surface area contributed by atoms with E-state index >= 15 is 0 Å². The molecule has 8 N–H and O–H groups in total. The van der Waals surface area contributed by atoms with Gasteiger partial charge in [0.15, 0.2) is 0 Å². The predicted molar refractivity (Wildman–Crippen MR) is 144 cm³/mol. The topological polar surface area (TPSA) is 153 Å². The number of nitrogens with two attached hydrogens (primary N) is 3. The molecule has 0 aliphatic heterocycles. The second-order valence-electron chi connectivity index (χ2n) is 9.66. The Morgan fingerprint density at radius 3 is 2.33 bits per heavy atom. The Bertz CT molecular complexity index is 992. The van der Waals surface area contributed by atoms with Gasteiger partial charge in [0.2, 0.25) is 5.96 Å². The average Bonchev–Trinajstić information content (AvgIpc) is 2.84. The summed E-state index contributed by atoms with van der Waals surface area (Å²) in [4.78, 5) is 19.3. The lowest BCUT2D eigenvalue weighted by atomic mass is 9.93. The third-order valence-corrected chi connectivity index (χ3v) is 5.30. The van der Waals surface area contributed by atoms with E-state index in [9.17, 15) is 4.79 Å². The predicted octanol–water partition coefficient (Wildman–Crippen LogP) is 2.11. The Hall–Kier alpha value is -3.34. The Labute approximate surface area is 214 Å². The van der Waals surface area contributed by atoms with Gasteiger partial charge < -0.3 is 31.2 Å². The molecular weight excluding hydrogens is 458 g/mol. The molecule has 0 bridgehead atoms. The fourth-order valence-electron chi connectivity index (χ4n) is 3.68. The first-order valence-corrected chi connectivity index (χ1v) is 12.1. The number of nitrogens with zero attached hydrogens (tertiary/aromatic N) is 2. The molecule has 0 aliphatic carbocycles. The lowest BCUT2D eigenvalue weighted by Gasteiger charge is -2.28. The van der Waals surface area contributed by atoms with Gasteiger partial charge in [-0.25, -0.2) is 10.8 Å². The Balaban J connectivity index is 1.97. The number of carbonyl (C=O) groups is 1. The van der Waals surface area contributed by atoms with Gasteiger partial charge in [-0.15, -0.1) is 0 Å². The summed E-state index contributed by atoms with van der Waals surface area (Å²) in [5.41, 5.74) is 15.5. The summed E-state index contributed by atoms with van der Waals surface area (Å²) in [6.07, 6.45) is 1.54. The summed E-state index contributed by atoms with van der Waals surface area (Å²) in [5, 5.41) is 3.03. The summed E-state index contributed by atoms with van der Waals surface area (Å²) < 4.78 is 11.8. The fourth-order valence-corrected chi connectivity index (χ4v) is 3.68. The molecule has 2 rings (SSSR count). The fraction of sp³-hybridized carbons (Fsp3) is 0.462. The standard InChI is InChI=1S/C26H41N7O3/c1-26(2,18-33(3)4)17-30-24(34)22-12-9-20(31-25(28)32-29)15-23(22)36-14-6-5-13-35-21-10-7-19(16-27)8-11-21/h7-12,15H,5-6,13-14,16-18,27,29H2,1-4H3,(H,30,34)(H3,28,31,32). The van der Waals surface area contributed by atoms with E-state index in [1.807, 2.05) is 38.4 Å². The van der Waals surface area contributed by atoms with E-state index in [1.165, 1.54) is 0 Å². The number of unbranched alkanes of at least 4 members (excludes halogenated alkanes) is 1. The molecule has 0 unspecified atom stereocenters. The minimum atomic E-state index is -0.207. The largest absolute Gasteiger partial charge is 0.494 e. The van der Waals surface area contributed by atoms with Gasteiger partial charge in [-0.2, -0.15) is 0 Å². The van der Waals surface area contributed by atoms with Crippen LogP contribution >= 0.6 is 0 Å². The zero-order valence-corrected chi connectivity index (χ0v) is 21.8. The number of carbonyl (C=O) groups excluding carboxylic acids is 1. The minimum Gasteiger partial charge on any atom is -0.494 e. The van der Waals surface area contributed by atoms with E-state index in [-0.39, 0.29) is 17.3 Å². The maximum atomic E-state index is 13.0. The van der Waals surface area contributed by atoms with Gasteiger partial charge in [-0.05, 0) is 62.2 Å². The van der Waals surface area contributed by atoms with Crippen molar-refractivity contribution in [2.45, 2.75) is 33.2 Å². The zero-order chi connectivity index (χ0) is 26.6. The van der Waals surface area contributed by atoms with Crippen molar-refractivity contribution in [1.29, 1.82) is 0 Å². The number of hydrazine groups is 1. The van der Waals surface area contributed by atoms with Crippen molar-refractivity contribution in [3.63, 3.8) is 0 Å². The molecular formula is C26H41N7O3. The molecule has 36 heavy (non-hydrogen) atoms. The maximum Gasteiger partial charge on any atom is 0.255 e. The third-order valence-electron chi connectivity index (χ3n) is 5.30. The van der Waals surface area contributed by atoms with Gasteiger partial charge in [0.1, 0.15) is 11.5 Å². The summed E-state index contributed by atoms with van der Waals surface area (Å²) in [5.74, 6) is 6.40. The highest BCUT2D eigenvalue weighted by Gasteiger charge is 2.21. The van der Waals surface area contributed by atoms with Gasteiger partial charge in [-0.1, -0.05) is 26.0 Å². The van der Waals surface area contributed by atoms with Crippen molar-refractivity contribution < 1.29 is 14.3 Å². The van der Waals surface area contributed by atoms with Crippen LogP contribution in [0.15, 0.2) is 47.5 Å². The van der Waals surface area contributed by atoms with E-state index in [1.54, 1.807) is 18.2 Å². The number of hydrogen-bond acceptors (Lipinski definition) is 7. The average molecular weight is 500 g/mol. The first-order valence-electron chi connectivity index (χ1n) is 12.1. The Morgan fingerprint density at radius 2 is 1.72 bits per heavy atom. The number of nitrogens with one attached hydrogen (secondary N) is 2. The van der Waals surface area contributed by atoms with Crippen LogP contribution in [-0.4, -0.2) is 57.2 Å². The van der Waals surface area contributed by atoms with Crippen LogP contribution in [0.3, 0.4) is 0 Å². The van der Waals surface area contributed by atoms with Crippen LogP contribution in [-0.2, 0) is 6.54 Å². The number of ether oxygens (including phenoxy) is 2. The van der Waals surface area contributed by atoms with Crippen LogP contribution in [0, 0.1) is 5.41 Å². The summed E-state index contributed by atoms with van der Waals surface area (Å²) >= 11 is 0. The lowest BCUT2D eigenvalue weighted by Crippen LogP contribution is -2.40. The molecule has 198 valence electrons. The molecule has 0 fully saturated rings. The van der Waals surface area contributed by atoms with Crippen molar-refractivity contribution in [2.24, 2.45) is 27.7 Å². The van der Waals surface area contributed by atoms with Crippen LogP contribution in [0.5, 0.6) is 11.5 Å². The molecule has 2 aromatic carbocycles. The molecule has 10 heteroatoms. The lowest BCUT2D eigenvalue weighted by molar-refractivity contribution is 0.0925. The van der Waals surface area contributed by atoms with Gasteiger partial charge in [-0.3, -0.25) is 10.2 Å². The first-order chi connectivity index (χ1) is 17.1. The van der Waals surface area contributed by atoms with Crippen molar-refractivity contribution in [2.75, 3.05) is 40.4 Å². The number of guanidine groups is 1. The molecule has 0 saturated heterocycles. The van der Waals surface area contributed by atoms with E-state index in [0.29, 0.717) is 43.3 Å². The van der Waals surface area contributed by atoms with Gasteiger partial charge >= 0.3 is 0 Å². The second kappa shape index (κ2) is 14.3. The summed E-state index contributed by atoms with van der Waals surface area (Å²) in [6, 6.07) is 12.8. The zero-order valence-electron chi connectivity index (χ0n) is 21.8. The highest BCUT2D eigenvalue weighted by atomic mass is 16.5. The number of hydrogen-bond donors (Lipinski definition) is 5. The van der Waals surface area contributed by atoms with Crippen molar-refractivity contribution in [3.8, 4) is 11.5 Å². The maximum absolute atomic E-state index is 13.0. The highest BCUT2D eigenvalue weighted by molar-refractivity contribution is 5.97. The second-order valence-corrected chi connectivity index (χ2v) is 9.66. The smallest absolute Gasteiger partial charge is 0.255 e. The van der Waals surface area contributed by atoms with Crippen LogP contribution in [0.2, 0.25) is 0 Å². The van der Waals surface area contributed by atoms with E-state index in [0.717, 1.165) is 30.7 Å². The molecule has 0 radical (unpaired) electrons. The molecule has 10 nitrogen and oxygen atoms in total. The monoisotopic (exact) mass is 499 g/mol. The highest BCUT2D eigenvalue weighted by Crippen LogP contribution is 2.26. The Kier molecular flexibility index (Phi) is 11.5. The van der Waals surface area contributed by atoms with E-state index in [4.69, 9.17) is 26.8 Å². The SMILES string of the molecule is CN(C)CC(C)(C)CNC(=O)c1ccc(N=C(N)NN)cc1OCCCCOc1ccc(CN)cc1. The molecule has 2 aromatic rings. The molecule has 0 saturated carbocycles. The van der Waals surface area contributed by atoms with Crippen LogP contribution in [0.25, 0.3) is 0 Å². The van der Waals surface area contributed by atoms with Crippen molar-refractivity contribution in [1.82, 2.24) is 15.6 Å². The van der Waals surface area contributed by atoms with Crippen molar-refractivity contribution in [3.05, 3.63) is 53.6 Å². The van der Waals surface area contributed by atoms with Gasteiger partial charge in [0.05, 0.1) is 24.5 Å². The van der Waals surface area contributed by atoms with Crippen LogP contribution in [0.1, 0.15) is 42.6 Å². The molecule has 1 amide bonds. The quantitative estimate of drug-likeness (QED) is 0.0871. The molecule has 0 aromatic heterocycles. The molecule has 0 heterocycles. The van der Waals surface area contributed by atoms with Crippen LogP contribution in [0.4, 0.5) is 5.69 Å². The molecule has 0 aliphatic rings. The van der Waals surface area contributed by atoms with Gasteiger partial charge in [0, 0.05) is 25.7 Å². The Morgan fingerprint density at radius 1 is 1.06 bits per heavy atom. The minimum absolute atomic E-state index is 0.0558. The molecule has 0 atom stereocenters. The number of aliphatic imine (C=N–C) groups is 1. The van der Waals surface area contributed by atoms with E-state index in [2.05, 4.69) is 34.5 Å². The number of benzene rings is 2. The summed E-state index contributed by atoms with van der Waals surface area (Å²) in [6.45, 7) is 7.07. The normalized spacial score (nSPS) is 11.9. The first kappa shape index (κ1) is 28.9. The third kappa shape index (κ3) is 10.1. The number of rotatable bonds is 14. The van der Waals surface area contributed by atoms with Crippen LogP contribution < -0.4 is 37.5 Å². The summed E-state index contributed by atoms with van der Waals surface area (Å²) in [7, 11) is 4.03.